The number of nitrogens with one attached hydrogen (secondary N) is 1. The summed E-state index contributed by atoms with van der Waals surface area (Å²) in [6.07, 6.45) is -1.78. The predicted molar refractivity (Wildman–Crippen MR) is 108 cm³/mol. The molecule has 0 spiro atoms. The number of benzene rings is 2. The second-order valence-electron chi connectivity index (χ2n) is 6.93. The van der Waals surface area contributed by atoms with E-state index in [1.54, 1.807) is 26.0 Å². The highest BCUT2D eigenvalue weighted by Gasteiger charge is 2.33. The Bertz CT molecular complexity index is 1010. The molecule has 1 fully saturated rings. The van der Waals surface area contributed by atoms with Crippen LogP contribution in [0.2, 0.25) is 0 Å². The largest absolute Gasteiger partial charge is 0.489 e. The summed E-state index contributed by atoms with van der Waals surface area (Å²) in [5.41, 5.74) is 0.327. The molecule has 0 aliphatic carbocycles. The van der Waals surface area contributed by atoms with Crippen molar-refractivity contribution in [2.24, 2.45) is 0 Å². The number of nitrogens with zero attached hydrogens (tertiary/aromatic N) is 1. The summed E-state index contributed by atoms with van der Waals surface area (Å²) in [6, 6.07) is 11.5. The minimum atomic E-state index is -1.43. The average molecular weight is 412 g/mol. The molecule has 9 heteroatoms. The Morgan fingerprint density at radius 2 is 2.07 bits per heavy atom. The molecule has 2 N–H and O–H groups in total. The van der Waals surface area contributed by atoms with Crippen molar-refractivity contribution in [3.63, 3.8) is 0 Å². The fourth-order valence-corrected chi connectivity index (χ4v) is 2.84. The van der Waals surface area contributed by atoms with E-state index >= 15 is 0 Å². The molecule has 1 unspecified atom stereocenters. The number of nitro groups is 1. The average Bonchev–Trinajstić information content (AvgIpc) is 3.04. The van der Waals surface area contributed by atoms with Gasteiger partial charge in [-0.25, -0.2) is 4.79 Å². The van der Waals surface area contributed by atoms with Crippen molar-refractivity contribution in [1.82, 2.24) is 0 Å². The van der Waals surface area contributed by atoms with Gasteiger partial charge in [-0.05, 0) is 26.0 Å². The van der Waals surface area contributed by atoms with Crippen LogP contribution in [0.15, 0.2) is 42.5 Å². The Kier molecular flexibility index (Phi) is 6.20. The van der Waals surface area contributed by atoms with Gasteiger partial charge < -0.3 is 19.3 Å². The summed E-state index contributed by atoms with van der Waals surface area (Å²) in [5, 5.41) is 22.5. The standard InChI is InChI=1S/C21H20N2O7/c1-21(2)29-13-16(30-21)12-28-19-11-17(22-20(24)25)18(23(26)27)10-15(19)9-8-14-6-4-3-5-7-14/h3-7,10-11,16,22H,12-13H2,1-2H3,(H,24,25). The minimum Gasteiger partial charge on any atom is -0.489 e. The molecule has 3 rings (SSSR count). The molecular weight excluding hydrogens is 392 g/mol. The molecule has 1 saturated heterocycles. The van der Waals surface area contributed by atoms with Crippen LogP contribution in [0.3, 0.4) is 0 Å². The number of hydrogen-bond donors (Lipinski definition) is 2. The van der Waals surface area contributed by atoms with Crippen LogP contribution in [0, 0.1) is 22.0 Å². The summed E-state index contributed by atoms with van der Waals surface area (Å²) in [7, 11) is 0. The molecule has 1 aliphatic heterocycles. The first-order chi connectivity index (χ1) is 14.2. The Labute approximate surface area is 172 Å². The SMILES string of the molecule is CC1(C)OCC(COc2cc(NC(=O)O)c([N+](=O)[O-])cc2C#Cc2ccccc2)O1. The lowest BCUT2D eigenvalue weighted by Gasteiger charge is -2.18. The fourth-order valence-electron chi connectivity index (χ4n) is 2.84. The minimum absolute atomic E-state index is 0.105. The highest BCUT2D eigenvalue weighted by atomic mass is 16.7. The zero-order valence-corrected chi connectivity index (χ0v) is 16.4. The summed E-state index contributed by atoms with van der Waals surface area (Å²) in [5.74, 6) is 5.26. The van der Waals surface area contributed by atoms with E-state index in [-0.39, 0.29) is 29.7 Å². The zero-order valence-electron chi connectivity index (χ0n) is 16.4. The van der Waals surface area contributed by atoms with Gasteiger partial charge in [-0.15, -0.1) is 0 Å². The lowest BCUT2D eigenvalue weighted by molar-refractivity contribution is -0.384. The van der Waals surface area contributed by atoms with Gasteiger partial charge in [0, 0.05) is 17.7 Å². The monoisotopic (exact) mass is 412 g/mol. The number of carbonyl (C=O) groups is 1. The van der Waals surface area contributed by atoms with Crippen molar-refractivity contribution in [1.29, 1.82) is 0 Å². The fraction of sp³-hybridized carbons (Fsp3) is 0.286. The van der Waals surface area contributed by atoms with Crippen LogP contribution in [0.25, 0.3) is 0 Å². The van der Waals surface area contributed by atoms with Crippen molar-refractivity contribution in [3.05, 3.63) is 63.7 Å². The van der Waals surface area contributed by atoms with E-state index in [0.29, 0.717) is 12.2 Å². The van der Waals surface area contributed by atoms with Gasteiger partial charge in [0.15, 0.2) is 5.79 Å². The number of hydrogen-bond acceptors (Lipinski definition) is 6. The van der Waals surface area contributed by atoms with E-state index in [1.807, 2.05) is 23.5 Å². The maximum absolute atomic E-state index is 11.4. The molecule has 0 radical (unpaired) electrons. The molecule has 156 valence electrons. The first-order valence-corrected chi connectivity index (χ1v) is 9.07. The highest BCUT2D eigenvalue weighted by Crippen LogP contribution is 2.33. The number of rotatable bonds is 5. The molecule has 2 aromatic carbocycles. The predicted octanol–water partition coefficient (Wildman–Crippen LogP) is 3.61. The van der Waals surface area contributed by atoms with Crippen LogP contribution < -0.4 is 10.1 Å². The van der Waals surface area contributed by atoms with Gasteiger partial charge >= 0.3 is 6.09 Å². The number of carboxylic acid groups (broad SMARTS) is 1. The van der Waals surface area contributed by atoms with E-state index in [1.165, 1.54) is 12.1 Å². The summed E-state index contributed by atoms with van der Waals surface area (Å²) in [4.78, 5) is 21.8. The Hall–Kier alpha value is -3.61. The molecule has 0 bridgehead atoms. The molecule has 2 aromatic rings. The smallest absolute Gasteiger partial charge is 0.409 e. The van der Waals surface area contributed by atoms with Crippen LogP contribution in [-0.4, -0.2) is 41.2 Å². The van der Waals surface area contributed by atoms with Crippen LogP contribution >= 0.6 is 0 Å². The molecule has 1 heterocycles. The van der Waals surface area contributed by atoms with E-state index in [4.69, 9.17) is 19.3 Å². The molecule has 0 saturated carbocycles. The Balaban J connectivity index is 1.95. The van der Waals surface area contributed by atoms with E-state index in [2.05, 4.69) is 11.8 Å². The molecule has 30 heavy (non-hydrogen) atoms. The maximum atomic E-state index is 11.4. The third-order valence-electron chi connectivity index (χ3n) is 4.14. The highest BCUT2D eigenvalue weighted by molar-refractivity contribution is 5.87. The van der Waals surface area contributed by atoms with Crippen molar-refractivity contribution < 1.29 is 29.0 Å². The zero-order chi connectivity index (χ0) is 21.7. The molecule has 1 atom stereocenters. The van der Waals surface area contributed by atoms with Crippen LogP contribution in [0.5, 0.6) is 5.75 Å². The molecule has 1 amide bonds. The van der Waals surface area contributed by atoms with Crippen LogP contribution in [0.1, 0.15) is 25.0 Å². The normalized spacial score (nSPS) is 16.9. The van der Waals surface area contributed by atoms with Crippen LogP contribution in [-0.2, 0) is 9.47 Å². The van der Waals surface area contributed by atoms with Crippen molar-refractivity contribution in [2.75, 3.05) is 18.5 Å². The molecule has 9 nitrogen and oxygen atoms in total. The topological polar surface area (TPSA) is 120 Å². The third-order valence-corrected chi connectivity index (χ3v) is 4.14. The molecule has 1 aliphatic rings. The van der Waals surface area contributed by atoms with E-state index in [0.717, 1.165) is 0 Å². The number of amides is 1. The van der Waals surface area contributed by atoms with Gasteiger partial charge in [0.2, 0.25) is 0 Å². The van der Waals surface area contributed by atoms with Gasteiger partial charge in [-0.1, -0.05) is 30.0 Å². The summed E-state index contributed by atoms with van der Waals surface area (Å²) >= 11 is 0. The first kappa shape index (κ1) is 21.1. The quantitative estimate of drug-likeness (QED) is 0.437. The summed E-state index contributed by atoms with van der Waals surface area (Å²) < 4.78 is 17.0. The lowest BCUT2D eigenvalue weighted by Crippen LogP contribution is -2.25. The van der Waals surface area contributed by atoms with Gasteiger partial charge in [0.05, 0.1) is 17.1 Å². The number of anilines is 1. The second kappa shape index (κ2) is 8.82. The van der Waals surface area contributed by atoms with Gasteiger partial charge in [-0.2, -0.15) is 0 Å². The maximum Gasteiger partial charge on any atom is 0.409 e. The Morgan fingerprint density at radius 1 is 1.33 bits per heavy atom. The van der Waals surface area contributed by atoms with Gasteiger partial charge in [0.1, 0.15) is 24.1 Å². The first-order valence-electron chi connectivity index (χ1n) is 9.07. The van der Waals surface area contributed by atoms with Gasteiger partial charge in [0.25, 0.3) is 5.69 Å². The molecular formula is C21H20N2O7. The van der Waals surface area contributed by atoms with Crippen molar-refractivity contribution >= 4 is 17.5 Å². The van der Waals surface area contributed by atoms with Gasteiger partial charge in [-0.3, -0.25) is 15.4 Å². The van der Waals surface area contributed by atoms with E-state index < -0.39 is 22.5 Å². The van der Waals surface area contributed by atoms with Crippen LogP contribution in [0.4, 0.5) is 16.2 Å². The van der Waals surface area contributed by atoms with Crippen molar-refractivity contribution in [2.45, 2.75) is 25.7 Å². The lowest BCUT2D eigenvalue weighted by atomic mass is 10.1. The molecule has 0 aromatic heterocycles. The third kappa shape index (κ3) is 5.47. The summed E-state index contributed by atoms with van der Waals surface area (Å²) in [6.45, 7) is 3.99. The second-order valence-corrected chi connectivity index (χ2v) is 6.93. The number of ether oxygens (including phenoxy) is 3. The number of nitro benzene ring substituents is 1. The van der Waals surface area contributed by atoms with E-state index in [9.17, 15) is 14.9 Å². The van der Waals surface area contributed by atoms with Crippen molar-refractivity contribution in [3.8, 4) is 17.6 Å². The Morgan fingerprint density at radius 3 is 2.67 bits per heavy atom.